The van der Waals surface area contributed by atoms with Crippen LogP contribution in [0.2, 0.25) is 0 Å². The highest BCUT2D eigenvalue weighted by Gasteiger charge is 2.21. The van der Waals surface area contributed by atoms with Crippen LogP contribution in [0, 0.1) is 0 Å². The summed E-state index contributed by atoms with van der Waals surface area (Å²) in [6.07, 6.45) is -1.10. The molecule has 1 amide bonds. The van der Waals surface area contributed by atoms with Gasteiger partial charge in [-0.25, -0.2) is 22.5 Å². The molecule has 0 aliphatic rings. The molecule has 0 spiro atoms. The topological polar surface area (TPSA) is 132 Å². The Morgan fingerprint density at radius 2 is 1.93 bits per heavy atom. The van der Waals surface area contributed by atoms with Crippen molar-refractivity contribution in [2.45, 2.75) is 17.9 Å². The Morgan fingerprint density at radius 1 is 1.20 bits per heavy atom. The summed E-state index contributed by atoms with van der Waals surface area (Å²) in [5.41, 5.74) is 6.88. The van der Waals surface area contributed by atoms with Gasteiger partial charge in [-0.05, 0) is 43.3 Å². The number of nitrogens with zero attached hydrogens (tertiary/aromatic N) is 2. The van der Waals surface area contributed by atoms with Gasteiger partial charge in [0.15, 0.2) is 11.2 Å². The van der Waals surface area contributed by atoms with Crippen molar-refractivity contribution >= 4 is 54.3 Å². The zero-order valence-corrected chi connectivity index (χ0v) is 18.1. The lowest BCUT2D eigenvalue weighted by Gasteiger charge is -2.15. The number of rotatable bonds is 6. The predicted molar refractivity (Wildman–Crippen MR) is 115 cm³/mol. The van der Waals surface area contributed by atoms with Crippen molar-refractivity contribution in [1.29, 1.82) is 0 Å². The molecule has 1 unspecified atom stereocenters. The second-order valence-electron chi connectivity index (χ2n) is 6.59. The summed E-state index contributed by atoms with van der Waals surface area (Å²) < 4.78 is 31.5. The van der Waals surface area contributed by atoms with Crippen LogP contribution in [-0.4, -0.2) is 49.8 Å². The molecule has 0 saturated carbocycles. The number of thiazole rings is 1. The van der Waals surface area contributed by atoms with Gasteiger partial charge in [0.05, 0.1) is 20.7 Å². The van der Waals surface area contributed by atoms with Crippen LogP contribution in [0.3, 0.4) is 0 Å². The number of esters is 1. The number of aromatic nitrogens is 1. The van der Waals surface area contributed by atoms with E-state index in [2.05, 4.69) is 10.3 Å². The third-order valence-corrected chi connectivity index (χ3v) is 6.83. The first-order valence-electron chi connectivity index (χ1n) is 8.78. The number of nitrogens with one attached hydrogen (secondary N) is 1. The number of amides is 1. The van der Waals surface area contributed by atoms with Crippen molar-refractivity contribution in [3.05, 3.63) is 48.0 Å². The van der Waals surface area contributed by atoms with E-state index >= 15 is 0 Å². The van der Waals surface area contributed by atoms with E-state index in [9.17, 15) is 18.0 Å². The Bertz CT molecular complexity index is 1220. The van der Waals surface area contributed by atoms with Crippen molar-refractivity contribution in [3.8, 4) is 0 Å². The lowest BCUT2D eigenvalue weighted by molar-refractivity contribution is -0.123. The standard InChI is InChI=1S/C19H20N4O5S2/c1-11(28-18(25)12-7-8-15-16(9-12)29-19(20)22-15)17(24)21-13-5-4-6-14(10-13)30(26,27)23(2)3/h4-11H,1-3H3,(H2,20,22)(H,21,24). The first-order chi connectivity index (χ1) is 14.1. The molecule has 0 radical (unpaired) electrons. The fraction of sp³-hybridized carbons (Fsp3) is 0.211. The molecular weight excluding hydrogens is 428 g/mol. The molecule has 9 nitrogen and oxygen atoms in total. The number of anilines is 2. The quantitative estimate of drug-likeness (QED) is 0.553. The molecule has 0 aliphatic carbocycles. The SMILES string of the molecule is CC(OC(=O)c1ccc2nc(N)sc2c1)C(=O)Nc1cccc(S(=O)(=O)N(C)C)c1. The van der Waals surface area contributed by atoms with Crippen molar-refractivity contribution in [2.75, 3.05) is 25.1 Å². The second kappa shape index (κ2) is 8.38. The minimum Gasteiger partial charge on any atom is -0.449 e. The van der Waals surface area contributed by atoms with Gasteiger partial charge in [-0.1, -0.05) is 17.4 Å². The summed E-state index contributed by atoms with van der Waals surface area (Å²) in [7, 11) is -0.810. The van der Waals surface area contributed by atoms with Crippen molar-refractivity contribution in [1.82, 2.24) is 9.29 Å². The van der Waals surface area contributed by atoms with Crippen LogP contribution in [0.25, 0.3) is 10.2 Å². The summed E-state index contributed by atoms with van der Waals surface area (Å²) >= 11 is 1.24. The molecular formula is C19H20N4O5S2. The molecule has 158 valence electrons. The number of hydrogen-bond donors (Lipinski definition) is 2. The maximum absolute atomic E-state index is 12.4. The van der Waals surface area contributed by atoms with Crippen LogP contribution in [-0.2, 0) is 19.6 Å². The molecule has 0 aliphatic heterocycles. The van der Waals surface area contributed by atoms with Gasteiger partial charge in [0.1, 0.15) is 0 Å². The minimum absolute atomic E-state index is 0.0343. The van der Waals surface area contributed by atoms with E-state index in [0.29, 0.717) is 10.6 Å². The maximum Gasteiger partial charge on any atom is 0.338 e. The maximum atomic E-state index is 12.4. The van der Waals surface area contributed by atoms with E-state index in [0.717, 1.165) is 9.01 Å². The van der Waals surface area contributed by atoms with Gasteiger partial charge in [-0.3, -0.25) is 4.79 Å². The zero-order chi connectivity index (χ0) is 22.1. The third-order valence-electron chi connectivity index (χ3n) is 4.17. The monoisotopic (exact) mass is 448 g/mol. The number of nitrogens with two attached hydrogens (primary N) is 1. The molecule has 0 bridgehead atoms. The number of fused-ring (bicyclic) bond motifs is 1. The summed E-state index contributed by atoms with van der Waals surface area (Å²) in [6, 6.07) is 10.6. The van der Waals surface area contributed by atoms with Crippen LogP contribution in [0.1, 0.15) is 17.3 Å². The van der Waals surface area contributed by atoms with Crippen molar-refractivity contribution in [2.24, 2.45) is 0 Å². The van der Waals surface area contributed by atoms with Gasteiger partial charge >= 0.3 is 5.97 Å². The molecule has 0 saturated heterocycles. The van der Waals surface area contributed by atoms with Gasteiger partial charge in [0, 0.05) is 19.8 Å². The largest absolute Gasteiger partial charge is 0.449 e. The third kappa shape index (κ3) is 4.58. The molecule has 30 heavy (non-hydrogen) atoms. The summed E-state index contributed by atoms with van der Waals surface area (Å²) in [5, 5.41) is 2.95. The highest BCUT2D eigenvalue weighted by atomic mass is 32.2. The zero-order valence-electron chi connectivity index (χ0n) is 16.4. The Labute approximate surface area is 177 Å². The molecule has 2 aromatic carbocycles. The number of carbonyl (C=O) groups is 2. The molecule has 11 heteroatoms. The number of sulfonamides is 1. The van der Waals surface area contributed by atoms with E-state index < -0.39 is 28.0 Å². The fourth-order valence-corrected chi connectivity index (χ4v) is 4.26. The Kier molecular flexibility index (Phi) is 6.06. The van der Waals surface area contributed by atoms with Crippen LogP contribution in [0.15, 0.2) is 47.4 Å². The Morgan fingerprint density at radius 3 is 2.63 bits per heavy atom. The summed E-state index contributed by atoms with van der Waals surface area (Å²) in [6.45, 7) is 1.43. The van der Waals surface area contributed by atoms with Crippen LogP contribution >= 0.6 is 11.3 Å². The summed E-state index contributed by atoms with van der Waals surface area (Å²) in [5.74, 6) is -1.26. The molecule has 1 heterocycles. The van der Waals surface area contributed by atoms with E-state index in [1.807, 2.05) is 0 Å². The van der Waals surface area contributed by atoms with Gasteiger partial charge < -0.3 is 15.8 Å². The fourth-order valence-electron chi connectivity index (χ4n) is 2.54. The van der Waals surface area contributed by atoms with Crippen LogP contribution < -0.4 is 11.1 Å². The highest BCUT2D eigenvalue weighted by Crippen LogP contribution is 2.25. The van der Waals surface area contributed by atoms with Crippen molar-refractivity contribution < 1.29 is 22.7 Å². The van der Waals surface area contributed by atoms with E-state index in [1.165, 1.54) is 50.6 Å². The number of nitrogen functional groups attached to an aromatic ring is 1. The normalized spacial score (nSPS) is 12.7. The first kappa shape index (κ1) is 21.7. The summed E-state index contributed by atoms with van der Waals surface area (Å²) in [4.78, 5) is 29.0. The van der Waals surface area contributed by atoms with E-state index in [4.69, 9.17) is 10.5 Å². The first-order valence-corrected chi connectivity index (χ1v) is 11.0. The Balaban J connectivity index is 1.69. The van der Waals surface area contributed by atoms with Gasteiger partial charge in [0.25, 0.3) is 5.91 Å². The van der Waals surface area contributed by atoms with Gasteiger partial charge in [-0.15, -0.1) is 0 Å². The average Bonchev–Trinajstić information content (AvgIpc) is 3.07. The highest BCUT2D eigenvalue weighted by molar-refractivity contribution is 7.89. The molecule has 3 N–H and O–H groups in total. The Hall–Kier alpha value is -3.02. The number of ether oxygens (including phenoxy) is 1. The van der Waals surface area contributed by atoms with E-state index in [-0.39, 0.29) is 16.1 Å². The molecule has 0 fully saturated rings. The lowest BCUT2D eigenvalue weighted by Crippen LogP contribution is -2.30. The number of benzene rings is 2. The molecule has 3 rings (SSSR count). The predicted octanol–water partition coefficient (Wildman–Crippen LogP) is 2.31. The molecule has 1 aromatic heterocycles. The van der Waals surface area contributed by atoms with E-state index in [1.54, 1.807) is 24.3 Å². The average molecular weight is 449 g/mol. The van der Waals surface area contributed by atoms with Gasteiger partial charge in [0.2, 0.25) is 10.0 Å². The van der Waals surface area contributed by atoms with Crippen molar-refractivity contribution in [3.63, 3.8) is 0 Å². The van der Waals surface area contributed by atoms with Gasteiger partial charge in [-0.2, -0.15) is 0 Å². The molecule has 3 aromatic rings. The number of hydrogen-bond acceptors (Lipinski definition) is 8. The van der Waals surface area contributed by atoms with Crippen LogP contribution in [0.4, 0.5) is 10.8 Å². The number of carbonyl (C=O) groups excluding carboxylic acids is 2. The molecule has 1 atom stereocenters. The lowest BCUT2D eigenvalue weighted by atomic mass is 10.2. The smallest absolute Gasteiger partial charge is 0.338 e. The second-order valence-corrected chi connectivity index (χ2v) is 9.80. The van der Waals surface area contributed by atoms with Crippen LogP contribution in [0.5, 0.6) is 0 Å². The minimum atomic E-state index is -3.64.